The first-order chi connectivity index (χ1) is 14.0. The van der Waals surface area contributed by atoms with Crippen LogP contribution in [0.3, 0.4) is 0 Å². The van der Waals surface area contributed by atoms with Gasteiger partial charge in [-0.2, -0.15) is 0 Å². The van der Waals surface area contributed by atoms with Crippen LogP contribution in [0.25, 0.3) is 10.9 Å². The summed E-state index contributed by atoms with van der Waals surface area (Å²) >= 11 is 0. The van der Waals surface area contributed by atoms with Crippen LogP contribution < -0.4 is 10.6 Å². The molecule has 0 bridgehead atoms. The maximum atomic E-state index is 12.4. The zero-order chi connectivity index (χ0) is 20.8. The Balaban J connectivity index is 1.57. The van der Waals surface area contributed by atoms with Crippen LogP contribution in [0.5, 0.6) is 0 Å². The van der Waals surface area contributed by atoms with Gasteiger partial charge in [-0.1, -0.05) is 18.2 Å². The highest BCUT2D eigenvalue weighted by atomic mass is 16.5. The molecule has 0 spiro atoms. The van der Waals surface area contributed by atoms with Crippen LogP contribution in [-0.2, 0) is 27.8 Å². The number of nitrogens with one attached hydrogen (secondary N) is 2. The maximum absolute atomic E-state index is 12.4. The topological polar surface area (TPSA) is 89.4 Å². The molecule has 0 unspecified atom stereocenters. The number of aryl methyl sites for hydroxylation is 1. The lowest BCUT2D eigenvalue weighted by Crippen LogP contribution is -2.26. The molecule has 7 nitrogen and oxygen atoms in total. The van der Waals surface area contributed by atoms with Crippen molar-refractivity contribution in [2.45, 2.75) is 12.8 Å². The molecule has 29 heavy (non-hydrogen) atoms. The third-order valence-corrected chi connectivity index (χ3v) is 4.60. The van der Waals surface area contributed by atoms with Gasteiger partial charge in [-0.05, 0) is 35.9 Å². The summed E-state index contributed by atoms with van der Waals surface area (Å²) < 4.78 is 6.53. The van der Waals surface area contributed by atoms with Crippen LogP contribution in [0.4, 0.5) is 5.69 Å². The van der Waals surface area contributed by atoms with Crippen LogP contribution in [0.15, 0.2) is 54.7 Å². The molecule has 0 fully saturated rings. The number of rotatable bonds is 7. The molecule has 150 valence electrons. The average molecular weight is 393 g/mol. The van der Waals surface area contributed by atoms with Crippen LogP contribution in [0.2, 0.25) is 0 Å². The van der Waals surface area contributed by atoms with Gasteiger partial charge in [0.05, 0.1) is 20.0 Å². The van der Waals surface area contributed by atoms with E-state index in [1.165, 1.54) is 7.11 Å². The minimum atomic E-state index is -0.380. The van der Waals surface area contributed by atoms with Crippen molar-refractivity contribution in [3.05, 3.63) is 65.9 Å². The van der Waals surface area contributed by atoms with Gasteiger partial charge in [0, 0.05) is 41.9 Å². The Labute approximate surface area is 168 Å². The zero-order valence-electron chi connectivity index (χ0n) is 16.4. The summed E-state index contributed by atoms with van der Waals surface area (Å²) in [6, 6.07) is 14.6. The van der Waals surface area contributed by atoms with Crippen LogP contribution >= 0.6 is 0 Å². The van der Waals surface area contributed by atoms with E-state index >= 15 is 0 Å². The fourth-order valence-corrected chi connectivity index (χ4v) is 3.13. The third-order valence-electron chi connectivity index (χ3n) is 4.60. The number of carbonyl (C=O) groups is 3. The lowest BCUT2D eigenvalue weighted by atomic mass is 10.1. The average Bonchev–Trinajstić information content (AvgIpc) is 3.03. The van der Waals surface area contributed by atoms with Gasteiger partial charge in [0.25, 0.3) is 5.91 Å². The summed E-state index contributed by atoms with van der Waals surface area (Å²) in [5.74, 6) is -0.797. The molecule has 3 aromatic rings. The first-order valence-corrected chi connectivity index (χ1v) is 9.26. The molecule has 0 radical (unpaired) electrons. The molecule has 0 aliphatic heterocycles. The Morgan fingerprint density at radius 1 is 1.03 bits per heavy atom. The van der Waals surface area contributed by atoms with Gasteiger partial charge in [-0.25, -0.2) is 0 Å². The fraction of sp³-hybridized carbons (Fsp3) is 0.227. The van der Waals surface area contributed by atoms with Crippen molar-refractivity contribution < 1.29 is 19.1 Å². The molecule has 1 aromatic heterocycles. The molecule has 0 atom stereocenters. The molecule has 0 saturated heterocycles. The van der Waals surface area contributed by atoms with E-state index in [1.807, 2.05) is 42.1 Å². The normalized spacial score (nSPS) is 10.6. The number of ether oxygens (including phenoxy) is 1. The van der Waals surface area contributed by atoms with Gasteiger partial charge in [-0.3, -0.25) is 14.4 Å². The van der Waals surface area contributed by atoms with Crippen LogP contribution in [0.1, 0.15) is 22.3 Å². The van der Waals surface area contributed by atoms with Crippen molar-refractivity contribution >= 4 is 34.4 Å². The third kappa shape index (κ3) is 5.01. The van der Waals surface area contributed by atoms with Gasteiger partial charge in [0.2, 0.25) is 5.91 Å². The van der Waals surface area contributed by atoms with E-state index in [2.05, 4.69) is 15.4 Å². The van der Waals surface area contributed by atoms with Gasteiger partial charge in [0.1, 0.15) is 0 Å². The summed E-state index contributed by atoms with van der Waals surface area (Å²) in [7, 11) is 3.26. The first kappa shape index (κ1) is 20.1. The summed E-state index contributed by atoms with van der Waals surface area (Å²) in [4.78, 5) is 35.6. The van der Waals surface area contributed by atoms with Gasteiger partial charge in [-0.15, -0.1) is 0 Å². The van der Waals surface area contributed by atoms with Crippen molar-refractivity contribution in [1.82, 2.24) is 9.88 Å². The van der Waals surface area contributed by atoms with Crippen molar-refractivity contribution in [2.24, 2.45) is 7.05 Å². The number of esters is 1. The molecule has 3 rings (SSSR count). The van der Waals surface area contributed by atoms with E-state index in [0.717, 1.165) is 16.5 Å². The highest BCUT2D eigenvalue weighted by Crippen LogP contribution is 2.21. The van der Waals surface area contributed by atoms with E-state index < -0.39 is 0 Å². The number of anilines is 1. The monoisotopic (exact) mass is 393 g/mol. The molecule has 0 aliphatic carbocycles. The Morgan fingerprint density at radius 3 is 2.48 bits per heavy atom. The minimum Gasteiger partial charge on any atom is -0.469 e. The number of aromatic nitrogens is 1. The lowest BCUT2D eigenvalue weighted by Gasteiger charge is -2.07. The number of amides is 2. The predicted molar refractivity (Wildman–Crippen MR) is 111 cm³/mol. The number of benzene rings is 2. The summed E-state index contributed by atoms with van der Waals surface area (Å²) in [6.07, 6.45) is 2.34. The Bertz CT molecular complexity index is 1040. The Morgan fingerprint density at radius 2 is 1.76 bits per heavy atom. The molecule has 1 heterocycles. The summed E-state index contributed by atoms with van der Waals surface area (Å²) in [6.45, 7) is 0.203. The van der Waals surface area contributed by atoms with Gasteiger partial charge < -0.3 is 19.9 Å². The van der Waals surface area contributed by atoms with E-state index in [4.69, 9.17) is 0 Å². The van der Waals surface area contributed by atoms with E-state index in [1.54, 1.807) is 24.3 Å². The summed E-state index contributed by atoms with van der Waals surface area (Å²) in [5, 5.41) is 6.56. The number of nitrogens with zero attached hydrogens (tertiary/aromatic N) is 1. The minimum absolute atomic E-state index is 0.116. The fourth-order valence-electron chi connectivity index (χ4n) is 3.13. The van der Waals surface area contributed by atoms with E-state index in [9.17, 15) is 14.4 Å². The molecule has 7 heteroatoms. The number of hydrogen-bond donors (Lipinski definition) is 2. The van der Waals surface area contributed by atoms with Crippen LogP contribution in [0, 0.1) is 0 Å². The second kappa shape index (κ2) is 9.05. The van der Waals surface area contributed by atoms with Gasteiger partial charge in [0.15, 0.2) is 0 Å². The largest absolute Gasteiger partial charge is 0.469 e. The van der Waals surface area contributed by atoms with Gasteiger partial charge >= 0.3 is 5.97 Å². The number of methoxy groups -OCH3 is 1. The highest BCUT2D eigenvalue weighted by Gasteiger charge is 2.11. The van der Waals surface area contributed by atoms with Crippen LogP contribution in [-0.4, -0.2) is 36.0 Å². The standard InChI is InChI=1S/C22H23N3O4/c1-25-14-16(18-5-3-4-6-19(18)25)13-20(26)24-17-9-7-15(8-10-17)22(28)23-12-11-21(27)29-2/h3-10,14H,11-13H2,1-2H3,(H,23,28)(H,24,26). The molecule has 0 saturated carbocycles. The van der Waals surface area contributed by atoms with Crippen molar-refractivity contribution in [3.8, 4) is 0 Å². The predicted octanol–water partition coefficient (Wildman–Crippen LogP) is 2.65. The molecule has 0 aliphatic rings. The van der Waals surface area contributed by atoms with E-state index in [0.29, 0.717) is 11.3 Å². The molecular formula is C22H23N3O4. The SMILES string of the molecule is COC(=O)CCNC(=O)c1ccc(NC(=O)Cc2cn(C)c3ccccc23)cc1. The zero-order valence-corrected chi connectivity index (χ0v) is 16.4. The number of hydrogen-bond acceptors (Lipinski definition) is 4. The number of para-hydroxylation sites is 1. The Kier molecular flexibility index (Phi) is 6.29. The number of fused-ring (bicyclic) bond motifs is 1. The second-order valence-corrected chi connectivity index (χ2v) is 6.67. The maximum Gasteiger partial charge on any atom is 0.307 e. The number of carbonyl (C=O) groups excluding carboxylic acids is 3. The lowest BCUT2D eigenvalue weighted by molar-refractivity contribution is -0.140. The smallest absolute Gasteiger partial charge is 0.307 e. The van der Waals surface area contributed by atoms with Crippen molar-refractivity contribution in [2.75, 3.05) is 19.0 Å². The second-order valence-electron chi connectivity index (χ2n) is 6.67. The molecule has 2 N–H and O–H groups in total. The van der Waals surface area contributed by atoms with Crippen molar-refractivity contribution in [1.29, 1.82) is 0 Å². The van der Waals surface area contributed by atoms with E-state index in [-0.39, 0.29) is 37.2 Å². The molecular weight excluding hydrogens is 370 g/mol. The molecule has 2 aromatic carbocycles. The Hall–Kier alpha value is -3.61. The highest BCUT2D eigenvalue weighted by molar-refractivity contribution is 5.97. The van der Waals surface area contributed by atoms with Crippen molar-refractivity contribution in [3.63, 3.8) is 0 Å². The first-order valence-electron chi connectivity index (χ1n) is 9.26. The quantitative estimate of drug-likeness (QED) is 0.604. The molecule has 2 amide bonds. The summed E-state index contributed by atoms with van der Waals surface area (Å²) in [5.41, 5.74) is 3.10.